The molecule has 1 aliphatic heterocycles. The molecule has 22 heavy (non-hydrogen) atoms. The first-order valence-corrected chi connectivity index (χ1v) is 7.34. The van der Waals surface area contributed by atoms with Crippen molar-refractivity contribution in [3.05, 3.63) is 0 Å². The molecule has 1 N–H and O–H groups in total. The summed E-state index contributed by atoms with van der Waals surface area (Å²) < 4.78 is 37.5. The summed E-state index contributed by atoms with van der Waals surface area (Å²) in [5.74, 6) is -4.14. The molecule has 1 atom stereocenters. The summed E-state index contributed by atoms with van der Waals surface area (Å²) in [7, 11) is 1.11. The number of amides is 2. The van der Waals surface area contributed by atoms with Gasteiger partial charge in [0.2, 0.25) is 0 Å². The SMILES string of the molecule is COC(=O)C(CC(F)(F)CC(C)C)NC(=O)N1CCOCC1. The molecule has 2 amide bonds. The molecule has 1 unspecified atom stereocenters. The van der Waals surface area contributed by atoms with Crippen LogP contribution in [0.5, 0.6) is 0 Å². The molecular formula is C14H24F2N2O4. The number of morpholine rings is 1. The summed E-state index contributed by atoms with van der Waals surface area (Å²) in [4.78, 5) is 25.2. The normalized spacial score (nSPS) is 17.3. The Morgan fingerprint density at radius 3 is 2.36 bits per heavy atom. The van der Waals surface area contributed by atoms with E-state index in [2.05, 4.69) is 10.1 Å². The predicted molar refractivity (Wildman–Crippen MR) is 75.7 cm³/mol. The van der Waals surface area contributed by atoms with Gasteiger partial charge in [-0.05, 0) is 5.92 Å². The molecule has 128 valence electrons. The number of nitrogens with zero attached hydrogens (tertiary/aromatic N) is 1. The van der Waals surface area contributed by atoms with Crippen LogP contribution in [-0.4, -0.2) is 62.3 Å². The van der Waals surface area contributed by atoms with E-state index in [0.29, 0.717) is 26.3 Å². The van der Waals surface area contributed by atoms with Gasteiger partial charge >= 0.3 is 12.0 Å². The Hall–Kier alpha value is -1.44. The number of urea groups is 1. The summed E-state index contributed by atoms with van der Waals surface area (Å²) in [6.07, 6.45) is -1.12. The third kappa shape index (κ3) is 6.13. The first-order chi connectivity index (χ1) is 10.2. The van der Waals surface area contributed by atoms with Crippen LogP contribution in [-0.2, 0) is 14.3 Å². The Morgan fingerprint density at radius 2 is 1.86 bits per heavy atom. The maximum atomic E-state index is 13.9. The lowest BCUT2D eigenvalue weighted by Crippen LogP contribution is -2.52. The Kier molecular flexibility index (Phi) is 6.99. The summed E-state index contributed by atoms with van der Waals surface area (Å²) in [6.45, 7) is 4.85. The molecular weight excluding hydrogens is 298 g/mol. The molecule has 1 heterocycles. The second-order valence-corrected chi connectivity index (χ2v) is 5.78. The van der Waals surface area contributed by atoms with Crippen molar-refractivity contribution in [1.29, 1.82) is 0 Å². The molecule has 0 bridgehead atoms. The summed E-state index contributed by atoms with van der Waals surface area (Å²) >= 11 is 0. The third-order valence-corrected chi connectivity index (χ3v) is 3.29. The minimum atomic E-state index is -3.05. The number of carbonyl (C=O) groups excluding carboxylic acids is 2. The Bertz CT molecular complexity index is 385. The van der Waals surface area contributed by atoms with Crippen LogP contribution in [0.2, 0.25) is 0 Å². The minimum absolute atomic E-state index is 0.219. The van der Waals surface area contributed by atoms with Gasteiger partial charge in [-0.2, -0.15) is 0 Å². The average molecular weight is 322 g/mol. The van der Waals surface area contributed by atoms with Crippen LogP contribution >= 0.6 is 0 Å². The number of carbonyl (C=O) groups is 2. The van der Waals surface area contributed by atoms with Gasteiger partial charge in [0.05, 0.1) is 20.3 Å². The van der Waals surface area contributed by atoms with Gasteiger partial charge in [0.25, 0.3) is 5.92 Å². The maximum Gasteiger partial charge on any atom is 0.328 e. The van der Waals surface area contributed by atoms with Crippen LogP contribution in [0.3, 0.4) is 0 Å². The van der Waals surface area contributed by atoms with Crippen molar-refractivity contribution in [3.8, 4) is 0 Å². The topological polar surface area (TPSA) is 67.9 Å². The predicted octanol–water partition coefficient (Wildman–Crippen LogP) is 1.64. The maximum absolute atomic E-state index is 13.9. The number of halogens is 2. The second kappa shape index (κ2) is 8.26. The monoisotopic (exact) mass is 322 g/mol. The number of hydrogen-bond acceptors (Lipinski definition) is 4. The van der Waals surface area contributed by atoms with Gasteiger partial charge < -0.3 is 19.7 Å². The van der Waals surface area contributed by atoms with E-state index in [0.717, 1.165) is 7.11 Å². The van der Waals surface area contributed by atoms with Crippen LogP contribution in [0.4, 0.5) is 13.6 Å². The lowest BCUT2D eigenvalue weighted by atomic mass is 9.99. The van der Waals surface area contributed by atoms with Crippen molar-refractivity contribution < 1.29 is 27.8 Å². The molecule has 0 aromatic rings. The van der Waals surface area contributed by atoms with E-state index in [1.54, 1.807) is 13.8 Å². The molecule has 1 fully saturated rings. The Balaban J connectivity index is 2.67. The zero-order chi connectivity index (χ0) is 16.8. The van der Waals surface area contributed by atoms with Gasteiger partial charge in [0.15, 0.2) is 0 Å². The largest absolute Gasteiger partial charge is 0.467 e. The molecule has 1 rings (SSSR count). The number of rotatable bonds is 6. The quantitative estimate of drug-likeness (QED) is 0.755. The number of methoxy groups -OCH3 is 1. The number of alkyl halides is 2. The van der Waals surface area contributed by atoms with E-state index in [4.69, 9.17) is 4.74 Å². The van der Waals surface area contributed by atoms with Gasteiger partial charge in [-0.15, -0.1) is 0 Å². The van der Waals surface area contributed by atoms with Crippen LogP contribution < -0.4 is 5.32 Å². The second-order valence-electron chi connectivity index (χ2n) is 5.78. The van der Waals surface area contributed by atoms with Gasteiger partial charge in [-0.3, -0.25) is 0 Å². The van der Waals surface area contributed by atoms with Gasteiger partial charge in [-0.1, -0.05) is 13.8 Å². The summed E-state index contributed by atoms with van der Waals surface area (Å²) in [5, 5.41) is 2.34. The van der Waals surface area contributed by atoms with Crippen LogP contribution in [0.1, 0.15) is 26.7 Å². The Morgan fingerprint density at radius 1 is 1.27 bits per heavy atom. The number of nitrogens with one attached hydrogen (secondary N) is 1. The first kappa shape index (κ1) is 18.6. The lowest BCUT2D eigenvalue weighted by Gasteiger charge is -2.30. The van der Waals surface area contributed by atoms with E-state index in [-0.39, 0.29) is 12.3 Å². The van der Waals surface area contributed by atoms with E-state index in [1.807, 2.05) is 0 Å². The first-order valence-electron chi connectivity index (χ1n) is 7.34. The summed E-state index contributed by atoms with van der Waals surface area (Å²) in [6, 6.07) is -1.92. The molecule has 8 heteroatoms. The van der Waals surface area contributed by atoms with E-state index < -0.39 is 30.4 Å². The highest BCUT2D eigenvalue weighted by Gasteiger charge is 2.38. The average Bonchev–Trinajstić information content (AvgIpc) is 2.44. The molecule has 1 saturated heterocycles. The fraction of sp³-hybridized carbons (Fsp3) is 0.857. The van der Waals surface area contributed by atoms with E-state index in [9.17, 15) is 18.4 Å². The number of ether oxygens (including phenoxy) is 2. The molecule has 0 radical (unpaired) electrons. The standard InChI is InChI=1S/C14H24F2N2O4/c1-10(2)8-14(15,16)9-11(12(19)21-3)17-13(20)18-4-6-22-7-5-18/h10-11H,4-9H2,1-3H3,(H,17,20). The number of hydrogen-bond donors (Lipinski definition) is 1. The van der Waals surface area contributed by atoms with Crippen molar-refractivity contribution >= 4 is 12.0 Å². The molecule has 1 aliphatic rings. The molecule has 0 aromatic heterocycles. The highest BCUT2D eigenvalue weighted by molar-refractivity contribution is 5.83. The summed E-state index contributed by atoms with van der Waals surface area (Å²) in [5.41, 5.74) is 0. The van der Waals surface area contributed by atoms with Crippen molar-refractivity contribution in [2.24, 2.45) is 5.92 Å². The smallest absolute Gasteiger partial charge is 0.328 e. The van der Waals surface area contributed by atoms with E-state index in [1.165, 1.54) is 4.90 Å². The van der Waals surface area contributed by atoms with Crippen LogP contribution in [0.25, 0.3) is 0 Å². The van der Waals surface area contributed by atoms with Crippen LogP contribution in [0, 0.1) is 5.92 Å². The molecule has 0 saturated carbocycles. The van der Waals surface area contributed by atoms with E-state index >= 15 is 0 Å². The van der Waals surface area contributed by atoms with Gasteiger partial charge in [0.1, 0.15) is 6.04 Å². The Labute approximate surface area is 129 Å². The van der Waals surface area contributed by atoms with Crippen molar-refractivity contribution in [1.82, 2.24) is 10.2 Å². The molecule has 0 aliphatic carbocycles. The fourth-order valence-electron chi connectivity index (χ4n) is 2.32. The number of esters is 1. The zero-order valence-corrected chi connectivity index (χ0v) is 13.2. The van der Waals surface area contributed by atoms with Gasteiger partial charge in [0, 0.05) is 25.9 Å². The highest BCUT2D eigenvalue weighted by Crippen LogP contribution is 2.28. The highest BCUT2D eigenvalue weighted by atomic mass is 19.3. The third-order valence-electron chi connectivity index (χ3n) is 3.29. The minimum Gasteiger partial charge on any atom is -0.467 e. The van der Waals surface area contributed by atoms with Crippen molar-refractivity contribution in [2.45, 2.75) is 38.7 Å². The molecule has 0 spiro atoms. The van der Waals surface area contributed by atoms with Crippen molar-refractivity contribution in [3.63, 3.8) is 0 Å². The zero-order valence-electron chi connectivity index (χ0n) is 13.2. The lowest BCUT2D eigenvalue weighted by molar-refractivity contribution is -0.146. The molecule has 0 aromatic carbocycles. The van der Waals surface area contributed by atoms with Crippen LogP contribution in [0.15, 0.2) is 0 Å². The van der Waals surface area contributed by atoms with Crippen molar-refractivity contribution in [2.75, 3.05) is 33.4 Å². The molecule has 6 nitrogen and oxygen atoms in total. The van der Waals surface area contributed by atoms with Gasteiger partial charge in [-0.25, -0.2) is 18.4 Å². The fourth-order valence-corrected chi connectivity index (χ4v) is 2.32.